The monoisotopic (exact) mass is 283 g/mol. The van der Waals surface area contributed by atoms with Crippen LogP contribution in [0.2, 0.25) is 4.34 Å². The minimum absolute atomic E-state index is 0.000856. The van der Waals surface area contributed by atoms with E-state index in [0.29, 0.717) is 6.04 Å². The van der Waals surface area contributed by atoms with E-state index < -0.39 is 0 Å². The van der Waals surface area contributed by atoms with E-state index in [0.717, 1.165) is 28.0 Å². The number of carbonyl (C=O) groups excluding carboxylic acids is 1. The van der Waals surface area contributed by atoms with Crippen molar-refractivity contribution < 1.29 is 4.79 Å². The average Bonchev–Trinajstić information content (AvgIpc) is 2.76. The van der Waals surface area contributed by atoms with Crippen LogP contribution >= 0.6 is 22.9 Å². The zero-order chi connectivity index (χ0) is 13.0. The first-order valence-electron chi connectivity index (χ1n) is 6.37. The first kappa shape index (κ1) is 13.6. The Hall–Kier alpha value is -0.800. The molecular formula is C14H18ClNOS. The summed E-state index contributed by atoms with van der Waals surface area (Å²) in [6.45, 7) is 2.28. The summed E-state index contributed by atoms with van der Waals surface area (Å²) in [4.78, 5) is 12.8. The molecule has 98 valence electrons. The summed E-state index contributed by atoms with van der Waals surface area (Å²) >= 11 is 7.30. The number of amides is 1. The van der Waals surface area contributed by atoms with Crippen LogP contribution in [0.25, 0.3) is 6.08 Å². The Bertz CT molecular complexity index is 433. The molecule has 0 aromatic carbocycles. The Morgan fingerprint density at radius 2 is 2.11 bits per heavy atom. The number of thiophene rings is 1. The highest BCUT2D eigenvalue weighted by Crippen LogP contribution is 2.24. The highest BCUT2D eigenvalue weighted by Gasteiger charge is 2.18. The number of rotatable bonds is 3. The third-order valence-electron chi connectivity index (χ3n) is 3.36. The van der Waals surface area contributed by atoms with E-state index in [9.17, 15) is 4.79 Å². The summed E-state index contributed by atoms with van der Waals surface area (Å²) in [6.07, 6.45) is 8.05. The SMILES string of the molecule is CC1CCC(NC(=O)/C=C/c2ccc(Cl)s2)CC1. The Labute approximate surface area is 117 Å². The number of hydrogen-bond donors (Lipinski definition) is 1. The molecule has 1 aromatic heterocycles. The van der Waals surface area contributed by atoms with Crippen LogP contribution in [-0.4, -0.2) is 11.9 Å². The fraction of sp³-hybridized carbons (Fsp3) is 0.500. The summed E-state index contributed by atoms with van der Waals surface area (Å²) in [5.74, 6) is 0.807. The minimum atomic E-state index is -0.000856. The van der Waals surface area contributed by atoms with Gasteiger partial charge in [0.15, 0.2) is 0 Å². The molecule has 0 unspecified atom stereocenters. The molecule has 2 rings (SSSR count). The van der Waals surface area contributed by atoms with Gasteiger partial charge >= 0.3 is 0 Å². The quantitative estimate of drug-likeness (QED) is 0.831. The number of carbonyl (C=O) groups is 1. The van der Waals surface area contributed by atoms with E-state index in [1.54, 1.807) is 6.08 Å². The van der Waals surface area contributed by atoms with E-state index in [4.69, 9.17) is 11.6 Å². The molecule has 0 spiro atoms. The van der Waals surface area contributed by atoms with E-state index in [2.05, 4.69) is 12.2 Å². The molecular weight excluding hydrogens is 266 g/mol. The van der Waals surface area contributed by atoms with Crippen LogP contribution in [-0.2, 0) is 4.79 Å². The van der Waals surface area contributed by atoms with Crippen LogP contribution in [0.4, 0.5) is 0 Å². The maximum atomic E-state index is 11.7. The fourth-order valence-corrected chi connectivity index (χ4v) is 3.19. The molecule has 1 aliphatic carbocycles. The number of nitrogens with one attached hydrogen (secondary N) is 1. The average molecular weight is 284 g/mol. The first-order chi connectivity index (χ1) is 8.63. The first-order valence-corrected chi connectivity index (χ1v) is 7.57. The van der Waals surface area contributed by atoms with Gasteiger partial charge in [0.1, 0.15) is 0 Å². The van der Waals surface area contributed by atoms with Gasteiger partial charge in [-0.2, -0.15) is 0 Å². The van der Waals surface area contributed by atoms with Gasteiger partial charge in [-0.1, -0.05) is 18.5 Å². The Balaban J connectivity index is 1.80. The lowest BCUT2D eigenvalue weighted by atomic mass is 9.87. The van der Waals surface area contributed by atoms with E-state index >= 15 is 0 Å². The summed E-state index contributed by atoms with van der Waals surface area (Å²) in [5, 5.41) is 3.06. The predicted octanol–water partition coefficient (Wildman–Crippen LogP) is 4.11. The Morgan fingerprint density at radius 1 is 1.39 bits per heavy atom. The third kappa shape index (κ3) is 4.14. The lowest BCUT2D eigenvalue weighted by Gasteiger charge is -2.26. The largest absolute Gasteiger partial charge is 0.350 e. The molecule has 1 N–H and O–H groups in total. The second-order valence-electron chi connectivity index (χ2n) is 4.94. The van der Waals surface area contributed by atoms with E-state index in [-0.39, 0.29) is 5.91 Å². The van der Waals surface area contributed by atoms with Gasteiger partial charge in [0.05, 0.1) is 4.34 Å². The second kappa shape index (κ2) is 6.39. The maximum absolute atomic E-state index is 11.7. The third-order valence-corrected chi connectivity index (χ3v) is 4.55. The van der Waals surface area contributed by atoms with Gasteiger partial charge in [-0.3, -0.25) is 4.79 Å². The van der Waals surface area contributed by atoms with E-state index in [1.165, 1.54) is 24.2 Å². The smallest absolute Gasteiger partial charge is 0.244 e. The lowest BCUT2D eigenvalue weighted by molar-refractivity contribution is -0.117. The highest BCUT2D eigenvalue weighted by molar-refractivity contribution is 7.17. The van der Waals surface area contributed by atoms with Gasteiger partial charge in [-0.25, -0.2) is 0 Å². The van der Waals surface area contributed by atoms with Gasteiger partial charge in [0.2, 0.25) is 5.91 Å². The van der Waals surface area contributed by atoms with Crippen LogP contribution in [0.3, 0.4) is 0 Å². The molecule has 0 aliphatic heterocycles. The maximum Gasteiger partial charge on any atom is 0.244 e. The van der Waals surface area contributed by atoms with Crippen molar-refractivity contribution >= 4 is 34.9 Å². The topological polar surface area (TPSA) is 29.1 Å². The molecule has 1 aromatic rings. The standard InChI is InChI=1S/C14H18ClNOS/c1-10-2-4-11(5-3-10)16-14(17)9-7-12-6-8-13(15)18-12/h6-11H,2-5H2,1H3,(H,16,17)/b9-7+. The molecule has 1 fully saturated rings. The van der Waals surface area contributed by atoms with Crippen LogP contribution in [0, 0.1) is 5.92 Å². The predicted molar refractivity (Wildman–Crippen MR) is 77.9 cm³/mol. The summed E-state index contributed by atoms with van der Waals surface area (Å²) in [5.41, 5.74) is 0. The van der Waals surface area contributed by atoms with Gasteiger partial charge < -0.3 is 5.32 Å². The van der Waals surface area contributed by atoms with E-state index in [1.807, 2.05) is 18.2 Å². The van der Waals surface area contributed by atoms with Crippen LogP contribution in [0.15, 0.2) is 18.2 Å². The molecule has 18 heavy (non-hydrogen) atoms. The molecule has 1 amide bonds. The molecule has 1 saturated carbocycles. The molecule has 0 bridgehead atoms. The second-order valence-corrected chi connectivity index (χ2v) is 6.69. The zero-order valence-electron chi connectivity index (χ0n) is 10.5. The lowest BCUT2D eigenvalue weighted by Crippen LogP contribution is -2.36. The Kier molecular flexibility index (Phi) is 4.84. The molecule has 4 heteroatoms. The van der Waals surface area contributed by atoms with Gasteiger partial charge in [0, 0.05) is 17.0 Å². The van der Waals surface area contributed by atoms with Crippen LogP contribution in [0.1, 0.15) is 37.5 Å². The molecule has 0 radical (unpaired) electrons. The minimum Gasteiger partial charge on any atom is -0.350 e. The number of halogens is 1. The molecule has 1 aliphatic rings. The van der Waals surface area contributed by atoms with Gasteiger partial charge in [-0.15, -0.1) is 11.3 Å². The van der Waals surface area contributed by atoms with Gasteiger partial charge in [-0.05, 0) is 49.8 Å². The molecule has 0 atom stereocenters. The number of hydrogen-bond acceptors (Lipinski definition) is 2. The van der Waals surface area contributed by atoms with Gasteiger partial charge in [0.25, 0.3) is 0 Å². The van der Waals surface area contributed by atoms with Crippen molar-refractivity contribution in [2.75, 3.05) is 0 Å². The molecule has 1 heterocycles. The van der Waals surface area contributed by atoms with Crippen LogP contribution < -0.4 is 5.32 Å². The summed E-state index contributed by atoms with van der Waals surface area (Å²) in [6, 6.07) is 4.11. The van der Waals surface area contributed by atoms with Crippen molar-refractivity contribution in [2.24, 2.45) is 5.92 Å². The molecule has 2 nitrogen and oxygen atoms in total. The summed E-state index contributed by atoms with van der Waals surface area (Å²) in [7, 11) is 0. The van der Waals surface area contributed by atoms with Crippen molar-refractivity contribution in [2.45, 2.75) is 38.6 Å². The molecule has 0 saturated heterocycles. The van der Waals surface area contributed by atoms with Crippen molar-refractivity contribution in [1.29, 1.82) is 0 Å². The van der Waals surface area contributed by atoms with Crippen molar-refractivity contribution in [1.82, 2.24) is 5.32 Å². The van der Waals surface area contributed by atoms with Crippen molar-refractivity contribution in [3.63, 3.8) is 0 Å². The zero-order valence-corrected chi connectivity index (χ0v) is 12.1. The Morgan fingerprint density at radius 3 is 2.72 bits per heavy atom. The van der Waals surface area contributed by atoms with Crippen molar-refractivity contribution in [3.8, 4) is 0 Å². The fourth-order valence-electron chi connectivity index (χ4n) is 2.23. The normalized spacial score (nSPS) is 24.3. The van der Waals surface area contributed by atoms with Crippen molar-refractivity contribution in [3.05, 3.63) is 27.4 Å². The highest BCUT2D eigenvalue weighted by atomic mass is 35.5. The summed E-state index contributed by atoms with van der Waals surface area (Å²) < 4.78 is 0.747. The van der Waals surface area contributed by atoms with Crippen LogP contribution in [0.5, 0.6) is 0 Å².